The van der Waals surface area contributed by atoms with Crippen molar-refractivity contribution in [1.82, 2.24) is 31.1 Å². The largest absolute Gasteiger partial charge is 0.342 e. The van der Waals surface area contributed by atoms with E-state index in [-0.39, 0.29) is 41.9 Å². The average Bonchev–Trinajstić information content (AvgIpc) is 3.71. The van der Waals surface area contributed by atoms with Gasteiger partial charge in [0, 0.05) is 43.1 Å². The van der Waals surface area contributed by atoms with Crippen molar-refractivity contribution in [3.8, 4) is 0 Å². The number of unbranched alkanes of at least 4 members (excludes halogenated alkanes) is 1. The van der Waals surface area contributed by atoms with E-state index in [1.807, 2.05) is 60.5 Å². The molecule has 4 N–H and O–H groups in total. The maximum atomic E-state index is 14.0. The zero-order valence-corrected chi connectivity index (χ0v) is 27.9. The standard InChI is InChI=1S/C33H52N6O4S/c1-22(34-5)30(41)37-29(33(2,3)4)31(42)39-18-11-14-24(39)20-38(19-17-23-12-7-6-8-13-23)27(40)16-10-9-15-26-28-25(21-44-26)35-32(43)36-28/h6-8,12-13,22,24-26,28-29,34H,9-11,14-21H2,1-5H3,(H,37,41)(H2,35,36,43)/t22-,24-,25-,26?,28-,29+/m0/s1. The van der Waals surface area contributed by atoms with E-state index in [2.05, 4.69) is 33.4 Å². The van der Waals surface area contributed by atoms with Crippen LogP contribution < -0.4 is 21.3 Å². The van der Waals surface area contributed by atoms with Gasteiger partial charge in [-0.05, 0) is 57.1 Å². The molecule has 3 aliphatic heterocycles. The van der Waals surface area contributed by atoms with Crippen LogP contribution in [0.1, 0.15) is 71.8 Å². The van der Waals surface area contributed by atoms with Gasteiger partial charge in [-0.1, -0.05) is 57.5 Å². The molecule has 3 aliphatic rings. The molecule has 1 unspecified atom stereocenters. The number of fused-ring (bicyclic) bond motifs is 1. The Morgan fingerprint density at radius 3 is 2.59 bits per heavy atom. The minimum atomic E-state index is -0.659. The summed E-state index contributed by atoms with van der Waals surface area (Å²) < 4.78 is 0. The van der Waals surface area contributed by atoms with Crippen molar-refractivity contribution in [3.05, 3.63) is 35.9 Å². The van der Waals surface area contributed by atoms with Gasteiger partial charge in [-0.15, -0.1) is 0 Å². The normalized spacial score (nSPS) is 24.3. The number of nitrogens with one attached hydrogen (secondary N) is 4. The number of thioether (sulfide) groups is 1. The van der Waals surface area contributed by atoms with Crippen LogP contribution in [-0.2, 0) is 20.8 Å². The van der Waals surface area contributed by atoms with E-state index in [0.717, 1.165) is 44.3 Å². The van der Waals surface area contributed by atoms with Crippen LogP contribution in [-0.4, -0.2) is 101 Å². The number of likely N-dealkylation sites (N-methyl/N-ethyl adjacent to an activating group) is 1. The highest BCUT2D eigenvalue weighted by atomic mass is 32.2. The minimum Gasteiger partial charge on any atom is -0.342 e. The number of amides is 5. The Morgan fingerprint density at radius 1 is 1.14 bits per heavy atom. The highest BCUT2D eigenvalue weighted by Crippen LogP contribution is 2.33. The lowest BCUT2D eigenvalue weighted by molar-refractivity contribution is -0.142. The number of carbonyl (C=O) groups is 4. The van der Waals surface area contributed by atoms with Crippen molar-refractivity contribution >= 4 is 35.5 Å². The van der Waals surface area contributed by atoms with Gasteiger partial charge in [0.05, 0.1) is 18.1 Å². The summed E-state index contributed by atoms with van der Waals surface area (Å²) >= 11 is 1.90. The Labute approximate surface area is 267 Å². The van der Waals surface area contributed by atoms with Gasteiger partial charge in [0.15, 0.2) is 0 Å². The summed E-state index contributed by atoms with van der Waals surface area (Å²) in [6, 6.07) is 9.36. The topological polar surface area (TPSA) is 123 Å². The highest BCUT2D eigenvalue weighted by molar-refractivity contribution is 8.00. The predicted octanol–water partition coefficient (Wildman–Crippen LogP) is 2.91. The molecule has 0 radical (unpaired) electrons. The molecule has 3 saturated heterocycles. The quantitative estimate of drug-likeness (QED) is 0.186. The number of hydrogen-bond donors (Lipinski definition) is 4. The zero-order chi connectivity index (χ0) is 31.9. The fraction of sp³-hybridized carbons (Fsp3) is 0.697. The summed E-state index contributed by atoms with van der Waals surface area (Å²) in [5.74, 6) is 0.782. The number of carbonyl (C=O) groups excluding carboxylic acids is 4. The number of urea groups is 1. The van der Waals surface area contributed by atoms with Crippen molar-refractivity contribution < 1.29 is 19.2 Å². The number of nitrogens with zero attached hydrogens (tertiary/aromatic N) is 2. The minimum absolute atomic E-state index is 0.0716. The maximum absolute atomic E-state index is 14.0. The van der Waals surface area contributed by atoms with E-state index in [0.29, 0.717) is 31.3 Å². The monoisotopic (exact) mass is 628 g/mol. The van der Waals surface area contributed by atoms with Crippen molar-refractivity contribution in [1.29, 1.82) is 0 Å². The molecule has 0 spiro atoms. The Kier molecular flexibility index (Phi) is 12.0. The van der Waals surface area contributed by atoms with Crippen molar-refractivity contribution in [3.63, 3.8) is 0 Å². The fourth-order valence-electron chi connectivity index (χ4n) is 6.43. The summed E-state index contributed by atoms with van der Waals surface area (Å²) in [7, 11) is 1.73. The second-order valence-corrected chi connectivity index (χ2v) is 14.9. The van der Waals surface area contributed by atoms with Crippen LogP contribution in [0, 0.1) is 5.41 Å². The second kappa shape index (κ2) is 15.5. The Balaban J connectivity index is 1.38. The molecule has 11 heteroatoms. The van der Waals surface area contributed by atoms with Crippen LogP contribution in [0.4, 0.5) is 4.79 Å². The Bertz CT molecular complexity index is 1140. The lowest BCUT2D eigenvalue weighted by Crippen LogP contribution is -2.59. The summed E-state index contributed by atoms with van der Waals surface area (Å²) in [6.07, 6.45) is 5.63. The summed E-state index contributed by atoms with van der Waals surface area (Å²) in [5, 5.41) is 12.4. The first-order valence-electron chi connectivity index (χ1n) is 16.3. The third kappa shape index (κ3) is 8.90. The molecule has 1 aromatic rings. The van der Waals surface area contributed by atoms with Crippen LogP contribution in [0.3, 0.4) is 0 Å². The van der Waals surface area contributed by atoms with Gasteiger partial charge in [-0.3, -0.25) is 14.4 Å². The van der Waals surface area contributed by atoms with E-state index in [1.165, 1.54) is 5.56 Å². The number of rotatable bonds is 14. The highest BCUT2D eigenvalue weighted by Gasteiger charge is 2.43. The molecule has 0 aromatic heterocycles. The SMILES string of the molecule is CN[C@@H](C)C(=O)N[C@H](C(=O)N1CCC[C@H]1CN(CCc1ccccc1)C(=O)CCCCC1SC[C@@H]2NC(=O)N[C@H]12)C(C)(C)C. The van der Waals surface area contributed by atoms with Gasteiger partial charge in [-0.25, -0.2) is 4.79 Å². The van der Waals surface area contributed by atoms with Crippen molar-refractivity contribution in [2.24, 2.45) is 5.41 Å². The van der Waals surface area contributed by atoms with Crippen LogP contribution in [0.5, 0.6) is 0 Å². The number of likely N-dealkylation sites (tertiary alicyclic amines) is 1. The molecule has 0 bridgehead atoms. The Hall–Kier alpha value is -2.79. The summed E-state index contributed by atoms with van der Waals surface area (Å²) in [6.45, 7) is 9.42. The molecule has 0 aliphatic carbocycles. The fourth-order valence-corrected chi connectivity index (χ4v) is 7.98. The van der Waals surface area contributed by atoms with E-state index < -0.39 is 17.5 Å². The molecule has 10 nitrogen and oxygen atoms in total. The predicted molar refractivity (Wildman–Crippen MR) is 175 cm³/mol. The van der Waals surface area contributed by atoms with Crippen LogP contribution >= 0.6 is 11.8 Å². The molecular weight excluding hydrogens is 576 g/mol. The molecule has 244 valence electrons. The molecule has 3 fully saturated rings. The average molecular weight is 629 g/mol. The third-order valence-corrected chi connectivity index (χ3v) is 10.8. The van der Waals surface area contributed by atoms with Gasteiger partial charge < -0.3 is 31.1 Å². The third-order valence-electron chi connectivity index (χ3n) is 9.25. The van der Waals surface area contributed by atoms with Gasteiger partial charge in [0.1, 0.15) is 6.04 Å². The molecule has 0 saturated carbocycles. The number of benzene rings is 1. The first-order chi connectivity index (χ1) is 21.0. The summed E-state index contributed by atoms with van der Waals surface area (Å²) in [5.41, 5.74) is 0.712. The summed E-state index contributed by atoms with van der Waals surface area (Å²) in [4.78, 5) is 56.0. The molecule has 1 aromatic carbocycles. The van der Waals surface area contributed by atoms with Crippen molar-refractivity contribution in [2.75, 3.05) is 32.4 Å². The lowest BCUT2D eigenvalue weighted by atomic mass is 9.85. The van der Waals surface area contributed by atoms with Gasteiger partial charge >= 0.3 is 6.03 Å². The maximum Gasteiger partial charge on any atom is 0.315 e. The van der Waals surface area contributed by atoms with E-state index >= 15 is 0 Å². The van der Waals surface area contributed by atoms with E-state index in [1.54, 1.807) is 14.0 Å². The first kappa shape index (κ1) is 34.1. The van der Waals surface area contributed by atoms with Gasteiger partial charge in [0.2, 0.25) is 17.7 Å². The van der Waals surface area contributed by atoms with Gasteiger partial charge in [-0.2, -0.15) is 11.8 Å². The molecule has 4 rings (SSSR count). The van der Waals surface area contributed by atoms with Crippen LogP contribution in [0.2, 0.25) is 0 Å². The zero-order valence-electron chi connectivity index (χ0n) is 27.1. The van der Waals surface area contributed by atoms with E-state index in [9.17, 15) is 19.2 Å². The molecular formula is C33H52N6O4S. The lowest BCUT2D eigenvalue weighted by Gasteiger charge is -2.37. The van der Waals surface area contributed by atoms with Crippen LogP contribution in [0.25, 0.3) is 0 Å². The second-order valence-electron chi connectivity index (χ2n) is 13.6. The molecule has 5 amide bonds. The molecule has 44 heavy (non-hydrogen) atoms. The van der Waals surface area contributed by atoms with E-state index in [4.69, 9.17) is 0 Å². The van der Waals surface area contributed by atoms with Crippen molar-refractivity contribution in [2.45, 2.75) is 108 Å². The molecule has 3 heterocycles. The van der Waals surface area contributed by atoms with Crippen LogP contribution in [0.15, 0.2) is 30.3 Å². The molecule has 6 atom stereocenters. The van der Waals surface area contributed by atoms with Gasteiger partial charge in [0.25, 0.3) is 0 Å². The smallest absolute Gasteiger partial charge is 0.315 e. The first-order valence-corrected chi connectivity index (χ1v) is 17.3. The Morgan fingerprint density at radius 2 is 1.89 bits per heavy atom. The number of hydrogen-bond acceptors (Lipinski definition) is 6.